The Morgan fingerprint density at radius 3 is 2.29 bits per heavy atom. The minimum absolute atomic E-state index is 0.108. The molecule has 0 spiro atoms. The summed E-state index contributed by atoms with van der Waals surface area (Å²) in [6, 6.07) is 24.0. The summed E-state index contributed by atoms with van der Waals surface area (Å²) in [5.74, 6) is -0.658. The molecule has 0 amide bonds. The van der Waals surface area contributed by atoms with Gasteiger partial charge in [-0.05, 0) is 31.2 Å². The fourth-order valence-electron chi connectivity index (χ4n) is 2.95. The number of hydrogen-bond donors (Lipinski definition) is 0. The standard InChI is InChI=1S/C24H18BrN3O3/c1-16-7-13-20(14-8-16)28-23(18-5-3-2-4-6-18)26-22(27-28)24(30)31-15-21(29)17-9-11-19(25)12-10-17/h2-14H,15H2,1H3. The van der Waals surface area contributed by atoms with E-state index in [1.165, 1.54) is 0 Å². The Morgan fingerprint density at radius 2 is 1.61 bits per heavy atom. The maximum absolute atomic E-state index is 12.6. The second-order valence-electron chi connectivity index (χ2n) is 6.88. The molecule has 0 fully saturated rings. The number of carbonyl (C=O) groups is 2. The third-order valence-electron chi connectivity index (χ3n) is 4.60. The lowest BCUT2D eigenvalue weighted by atomic mass is 10.1. The third kappa shape index (κ3) is 4.78. The van der Waals surface area contributed by atoms with Crippen LogP contribution >= 0.6 is 15.9 Å². The number of aromatic nitrogens is 3. The molecule has 6 nitrogen and oxygen atoms in total. The van der Waals surface area contributed by atoms with Gasteiger partial charge in [-0.25, -0.2) is 14.5 Å². The summed E-state index contributed by atoms with van der Waals surface area (Å²) in [6.45, 7) is 1.61. The summed E-state index contributed by atoms with van der Waals surface area (Å²) in [7, 11) is 0. The normalized spacial score (nSPS) is 10.6. The molecule has 0 saturated carbocycles. The van der Waals surface area contributed by atoms with E-state index in [-0.39, 0.29) is 18.2 Å². The van der Waals surface area contributed by atoms with Gasteiger partial charge in [0.2, 0.25) is 0 Å². The lowest BCUT2D eigenvalue weighted by molar-refractivity contribution is 0.0462. The molecule has 0 unspecified atom stereocenters. The molecule has 7 heteroatoms. The number of halogens is 1. The molecule has 0 atom stereocenters. The highest BCUT2D eigenvalue weighted by Gasteiger charge is 2.21. The summed E-state index contributed by atoms with van der Waals surface area (Å²) in [6.07, 6.45) is 0. The van der Waals surface area contributed by atoms with E-state index in [1.54, 1.807) is 28.9 Å². The molecule has 0 radical (unpaired) electrons. The van der Waals surface area contributed by atoms with Crippen molar-refractivity contribution in [2.24, 2.45) is 0 Å². The van der Waals surface area contributed by atoms with Crippen molar-refractivity contribution in [2.75, 3.05) is 6.61 Å². The van der Waals surface area contributed by atoms with Crippen molar-refractivity contribution in [3.8, 4) is 17.1 Å². The van der Waals surface area contributed by atoms with Crippen LogP contribution in [0.15, 0.2) is 83.3 Å². The fraction of sp³-hybridized carbons (Fsp3) is 0.0833. The number of carbonyl (C=O) groups excluding carboxylic acids is 2. The molecule has 0 saturated heterocycles. The third-order valence-corrected chi connectivity index (χ3v) is 5.13. The zero-order valence-corrected chi connectivity index (χ0v) is 18.2. The van der Waals surface area contributed by atoms with Gasteiger partial charge in [0.25, 0.3) is 5.82 Å². The lowest BCUT2D eigenvalue weighted by Crippen LogP contribution is -2.15. The van der Waals surface area contributed by atoms with Crippen LogP contribution in [0.4, 0.5) is 0 Å². The first-order valence-corrected chi connectivity index (χ1v) is 10.4. The summed E-state index contributed by atoms with van der Waals surface area (Å²) < 4.78 is 7.66. The van der Waals surface area contributed by atoms with Crippen molar-refractivity contribution in [1.82, 2.24) is 14.8 Å². The number of benzene rings is 3. The van der Waals surface area contributed by atoms with Crippen molar-refractivity contribution in [1.29, 1.82) is 0 Å². The number of hydrogen-bond acceptors (Lipinski definition) is 5. The number of rotatable bonds is 6. The minimum atomic E-state index is -0.756. The Labute approximate surface area is 187 Å². The number of aryl methyl sites for hydroxylation is 1. The van der Waals surface area contributed by atoms with Gasteiger partial charge >= 0.3 is 5.97 Å². The first kappa shape index (κ1) is 20.7. The summed E-state index contributed by atoms with van der Waals surface area (Å²) in [5.41, 5.74) is 3.14. The van der Waals surface area contributed by atoms with Crippen LogP contribution in [0.5, 0.6) is 0 Å². The van der Waals surface area contributed by atoms with E-state index >= 15 is 0 Å². The first-order valence-electron chi connectivity index (χ1n) is 9.57. The van der Waals surface area contributed by atoms with E-state index in [9.17, 15) is 9.59 Å². The van der Waals surface area contributed by atoms with Crippen LogP contribution in [0.25, 0.3) is 17.1 Å². The van der Waals surface area contributed by atoms with Crippen molar-refractivity contribution in [2.45, 2.75) is 6.92 Å². The van der Waals surface area contributed by atoms with E-state index in [0.717, 1.165) is 21.3 Å². The monoisotopic (exact) mass is 475 g/mol. The van der Waals surface area contributed by atoms with Crippen LogP contribution in [-0.2, 0) is 4.74 Å². The van der Waals surface area contributed by atoms with Gasteiger partial charge in [-0.1, -0.05) is 76.1 Å². The van der Waals surface area contributed by atoms with Gasteiger partial charge in [-0.3, -0.25) is 4.79 Å². The highest BCUT2D eigenvalue weighted by molar-refractivity contribution is 9.10. The molecule has 0 N–H and O–H groups in total. The fourth-order valence-corrected chi connectivity index (χ4v) is 3.22. The van der Waals surface area contributed by atoms with E-state index in [2.05, 4.69) is 26.0 Å². The number of nitrogens with zero attached hydrogens (tertiary/aromatic N) is 3. The van der Waals surface area contributed by atoms with Crippen LogP contribution in [0.2, 0.25) is 0 Å². The Balaban J connectivity index is 1.59. The number of ketones is 1. The molecule has 4 rings (SSSR count). The molecule has 31 heavy (non-hydrogen) atoms. The van der Waals surface area contributed by atoms with E-state index in [1.807, 2.05) is 61.5 Å². The second-order valence-corrected chi connectivity index (χ2v) is 7.79. The Morgan fingerprint density at radius 1 is 0.935 bits per heavy atom. The first-order chi connectivity index (χ1) is 15.0. The minimum Gasteiger partial charge on any atom is -0.451 e. The molecule has 0 bridgehead atoms. The maximum atomic E-state index is 12.6. The van der Waals surface area contributed by atoms with Gasteiger partial charge in [0.05, 0.1) is 5.69 Å². The molecule has 0 aliphatic carbocycles. The Kier molecular flexibility index (Phi) is 6.04. The molecule has 0 aliphatic heterocycles. The number of esters is 1. The van der Waals surface area contributed by atoms with Crippen LogP contribution in [0, 0.1) is 6.92 Å². The molecule has 1 aromatic heterocycles. The van der Waals surface area contributed by atoms with E-state index in [0.29, 0.717) is 11.4 Å². The van der Waals surface area contributed by atoms with Crippen molar-refractivity contribution in [3.63, 3.8) is 0 Å². The van der Waals surface area contributed by atoms with Crippen molar-refractivity contribution >= 4 is 27.7 Å². The zero-order chi connectivity index (χ0) is 21.8. The summed E-state index contributed by atoms with van der Waals surface area (Å²) in [5, 5.41) is 4.36. The van der Waals surface area contributed by atoms with Crippen molar-refractivity contribution < 1.29 is 14.3 Å². The smallest absolute Gasteiger partial charge is 0.378 e. The molecular formula is C24H18BrN3O3. The zero-order valence-electron chi connectivity index (χ0n) is 16.7. The highest BCUT2D eigenvalue weighted by Crippen LogP contribution is 2.21. The van der Waals surface area contributed by atoms with Gasteiger partial charge < -0.3 is 4.74 Å². The Bertz CT molecular complexity index is 1220. The van der Waals surface area contributed by atoms with Gasteiger partial charge in [0.15, 0.2) is 18.2 Å². The van der Waals surface area contributed by atoms with Crippen LogP contribution < -0.4 is 0 Å². The van der Waals surface area contributed by atoms with Gasteiger partial charge in [0.1, 0.15) is 0 Å². The second kappa shape index (κ2) is 9.06. The average molecular weight is 476 g/mol. The highest BCUT2D eigenvalue weighted by atomic mass is 79.9. The van der Waals surface area contributed by atoms with Crippen molar-refractivity contribution in [3.05, 3.63) is 100 Å². The maximum Gasteiger partial charge on any atom is 0.378 e. The summed E-state index contributed by atoms with van der Waals surface area (Å²) in [4.78, 5) is 29.3. The van der Waals surface area contributed by atoms with E-state index < -0.39 is 5.97 Å². The SMILES string of the molecule is Cc1ccc(-n2nc(C(=O)OCC(=O)c3ccc(Br)cc3)nc2-c2ccccc2)cc1. The number of Topliss-reactive ketones (excluding diaryl/α,β-unsaturated/α-hetero) is 1. The molecule has 4 aromatic rings. The van der Waals surface area contributed by atoms with Crippen LogP contribution in [0.3, 0.4) is 0 Å². The lowest BCUT2D eigenvalue weighted by Gasteiger charge is -2.06. The van der Waals surface area contributed by atoms with Crippen LogP contribution in [0.1, 0.15) is 26.5 Å². The molecule has 154 valence electrons. The summed E-state index contributed by atoms with van der Waals surface area (Å²) >= 11 is 3.32. The topological polar surface area (TPSA) is 74.1 Å². The van der Waals surface area contributed by atoms with E-state index in [4.69, 9.17) is 4.74 Å². The molecular weight excluding hydrogens is 458 g/mol. The predicted molar refractivity (Wildman–Crippen MR) is 120 cm³/mol. The molecule has 1 heterocycles. The van der Waals surface area contributed by atoms with Gasteiger partial charge in [0, 0.05) is 15.6 Å². The average Bonchev–Trinajstić information content (AvgIpc) is 3.24. The molecule has 0 aliphatic rings. The molecule has 3 aromatic carbocycles. The number of ether oxygens (including phenoxy) is 1. The van der Waals surface area contributed by atoms with Crippen LogP contribution in [-0.4, -0.2) is 33.1 Å². The predicted octanol–water partition coefficient (Wildman–Crippen LogP) is 5.04. The quantitative estimate of drug-likeness (QED) is 0.288. The Hall–Kier alpha value is -3.58. The largest absolute Gasteiger partial charge is 0.451 e. The van der Waals surface area contributed by atoms with Gasteiger partial charge in [-0.15, -0.1) is 5.10 Å². The van der Waals surface area contributed by atoms with Gasteiger partial charge in [-0.2, -0.15) is 0 Å².